The second-order valence-corrected chi connectivity index (χ2v) is 8.14. The number of rotatable bonds is 5. The summed E-state index contributed by atoms with van der Waals surface area (Å²) in [5.41, 5.74) is 0.835. The predicted octanol–water partition coefficient (Wildman–Crippen LogP) is 2.32. The SMILES string of the molecule is CC(C)OC(=O)NS(=O)(=O)N(C)Cc1csc(Br)c1. The Bertz CT molecular complexity index is 541. The summed E-state index contributed by atoms with van der Waals surface area (Å²) in [6, 6.07) is 1.82. The fraction of sp³-hybridized carbons (Fsp3) is 0.500. The van der Waals surface area contributed by atoms with E-state index in [1.807, 2.05) is 16.2 Å². The third-order valence-electron chi connectivity index (χ3n) is 1.99. The third kappa shape index (κ3) is 5.47. The van der Waals surface area contributed by atoms with Crippen molar-refractivity contribution in [1.82, 2.24) is 9.03 Å². The van der Waals surface area contributed by atoms with Crippen LogP contribution in [0.3, 0.4) is 0 Å². The van der Waals surface area contributed by atoms with Crippen LogP contribution in [-0.2, 0) is 21.5 Å². The van der Waals surface area contributed by atoms with Crippen molar-refractivity contribution in [1.29, 1.82) is 0 Å². The first kappa shape index (κ1) is 16.4. The minimum absolute atomic E-state index is 0.173. The van der Waals surface area contributed by atoms with Crippen molar-refractivity contribution in [2.24, 2.45) is 0 Å². The molecule has 0 radical (unpaired) electrons. The van der Waals surface area contributed by atoms with Crippen LogP contribution in [0.2, 0.25) is 0 Å². The molecule has 0 fully saturated rings. The summed E-state index contributed by atoms with van der Waals surface area (Å²) in [5, 5.41) is 1.84. The van der Waals surface area contributed by atoms with E-state index in [4.69, 9.17) is 4.74 Å². The average Bonchev–Trinajstić information content (AvgIpc) is 2.61. The molecule has 0 aliphatic carbocycles. The molecule has 0 aromatic carbocycles. The van der Waals surface area contributed by atoms with Crippen LogP contribution < -0.4 is 4.72 Å². The van der Waals surface area contributed by atoms with Crippen LogP contribution in [0, 0.1) is 0 Å². The summed E-state index contributed by atoms with van der Waals surface area (Å²) >= 11 is 4.76. The molecule has 1 heterocycles. The summed E-state index contributed by atoms with van der Waals surface area (Å²) in [6.07, 6.45) is -1.36. The van der Waals surface area contributed by atoms with E-state index in [0.29, 0.717) is 0 Å². The minimum Gasteiger partial charge on any atom is -0.446 e. The number of nitrogens with zero attached hydrogens (tertiary/aromatic N) is 1. The van der Waals surface area contributed by atoms with E-state index in [-0.39, 0.29) is 12.6 Å². The Morgan fingerprint density at radius 2 is 2.21 bits per heavy atom. The van der Waals surface area contributed by atoms with Crippen LogP contribution in [0.5, 0.6) is 0 Å². The van der Waals surface area contributed by atoms with E-state index < -0.39 is 16.3 Å². The maximum atomic E-state index is 11.8. The number of nitrogens with one attached hydrogen (secondary N) is 1. The Kier molecular flexibility index (Phi) is 5.78. The Morgan fingerprint density at radius 3 is 2.68 bits per heavy atom. The summed E-state index contributed by atoms with van der Waals surface area (Å²) < 4.78 is 32.2. The summed E-state index contributed by atoms with van der Waals surface area (Å²) in [4.78, 5) is 11.3. The van der Waals surface area contributed by atoms with E-state index >= 15 is 0 Å². The maximum absolute atomic E-state index is 11.8. The van der Waals surface area contributed by atoms with Gasteiger partial charge in [0.2, 0.25) is 0 Å². The van der Waals surface area contributed by atoms with Gasteiger partial charge in [-0.1, -0.05) is 0 Å². The van der Waals surface area contributed by atoms with Crippen LogP contribution in [0.25, 0.3) is 0 Å². The number of thiophene rings is 1. The van der Waals surface area contributed by atoms with Crippen molar-refractivity contribution in [2.75, 3.05) is 7.05 Å². The van der Waals surface area contributed by atoms with E-state index in [1.54, 1.807) is 13.8 Å². The first-order valence-corrected chi connectivity index (χ1v) is 8.49. The lowest BCUT2D eigenvalue weighted by Crippen LogP contribution is -2.41. The molecule has 0 saturated heterocycles. The molecule has 19 heavy (non-hydrogen) atoms. The molecule has 0 bridgehead atoms. The van der Waals surface area contributed by atoms with E-state index in [2.05, 4.69) is 15.9 Å². The van der Waals surface area contributed by atoms with Gasteiger partial charge >= 0.3 is 16.3 Å². The average molecular weight is 371 g/mol. The van der Waals surface area contributed by atoms with Gasteiger partial charge in [0.05, 0.1) is 9.89 Å². The topological polar surface area (TPSA) is 75.7 Å². The molecule has 1 aromatic heterocycles. The highest BCUT2D eigenvalue weighted by atomic mass is 79.9. The van der Waals surface area contributed by atoms with Gasteiger partial charge in [-0.05, 0) is 46.8 Å². The van der Waals surface area contributed by atoms with Gasteiger partial charge < -0.3 is 4.74 Å². The molecular weight excluding hydrogens is 356 g/mol. The number of halogens is 1. The number of hydrogen-bond donors (Lipinski definition) is 1. The van der Waals surface area contributed by atoms with Crippen LogP contribution >= 0.6 is 27.3 Å². The Labute approximate surface area is 125 Å². The molecule has 108 valence electrons. The first-order chi connectivity index (χ1) is 8.70. The molecule has 0 aliphatic heterocycles. The zero-order chi connectivity index (χ0) is 14.6. The lowest BCUT2D eigenvalue weighted by atomic mass is 10.3. The number of ether oxygens (including phenoxy) is 1. The second-order valence-electron chi connectivity index (χ2n) is 4.08. The summed E-state index contributed by atoms with van der Waals surface area (Å²) in [6.45, 7) is 3.45. The lowest BCUT2D eigenvalue weighted by molar-refractivity contribution is 0.121. The quantitative estimate of drug-likeness (QED) is 0.862. The highest BCUT2D eigenvalue weighted by molar-refractivity contribution is 9.11. The molecule has 0 unspecified atom stereocenters. The molecule has 1 rings (SSSR count). The summed E-state index contributed by atoms with van der Waals surface area (Å²) in [7, 11) is -2.51. The molecule has 1 amide bonds. The summed E-state index contributed by atoms with van der Waals surface area (Å²) in [5.74, 6) is 0. The maximum Gasteiger partial charge on any atom is 0.422 e. The first-order valence-electron chi connectivity index (χ1n) is 5.38. The monoisotopic (exact) mass is 370 g/mol. The Hall–Kier alpha value is -0.640. The van der Waals surface area contributed by atoms with Gasteiger partial charge in [-0.2, -0.15) is 12.7 Å². The highest BCUT2D eigenvalue weighted by Crippen LogP contribution is 2.21. The number of hydrogen-bond acceptors (Lipinski definition) is 5. The van der Waals surface area contributed by atoms with Gasteiger partial charge in [0, 0.05) is 13.6 Å². The molecule has 0 saturated carbocycles. The molecule has 0 spiro atoms. The predicted molar refractivity (Wildman–Crippen MR) is 77.2 cm³/mol. The normalized spacial score (nSPS) is 11.9. The number of amides is 1. The fourth-order valence-corrected chi connectivity index (χ4v) is 3.13. The Balaban J connectivity index is 2.64. The van der Waals surface area contributed by atoms with Crippen LogP contribution in [0.15, 0.2) is 15.2 Å². The molecule has 1 N–H and O–H groups in total. The van der Waals surface area contributed by atoms with Crippen molar-refractivity contribution < 1.29 is 17.9 Å². The van der Waals surface area contributed by atoms with E-state index in [0.717, 1.165) is 13.7 Å². The lowest BCUT2D eigenvalue weighted by Gasteiger charge is -2.17. The van der Waals surface area contributed by atoms with Crippen molar-refractivity contribution in [2.45, 2.75) is 26.5 Å². The largest absolute Gasteiger partial charge is 0.446 e. The minimum atomic E-state index is -3.90. The van der Waals surface area contributed by atoms with Gasteiger partial charge in [-0.15, -0.1) is 11.3 Å². The fourth-order valence-electron chi connectivity index (χ4n) is 1.19. The van der Waals surface area contributed by atoms with Crippen LogP contribution in [0.1, 0.15) is 19.4 Å². The van der Waals surface area contributed by atoms with Gasteiger partial charge in [-0.25, -0.2) is 9.52 Å². The van der Waals surface area contributed by atoms with Gasteiger partial charge in [0.1, 0.15) is 0 Å². The number of carbonyl (C=O) groups is 1. The highest BCUT2D eigenvalue weighted by Gasteiger charge is 2.22. The molecule has 0 atom stereocenters. The van der Waals surface area contributed by atoms with Crippen molar-refractivity contribution >= 4 is 43.6 Å². The number of carbonyl (C=O) groups excluding carboxylic acids is 1. The zero-order valence-corrected chi connectivity index (χ0v) is 13.9. The molecule has 1 aromatic rings. The molecule has 6 nitrogen and oxygen atoms in total. The molecule has 0 aliphatic rings. The zero-order valence-electron chi connectivity index (χ0n) is 10.7. The third-order valence-corrected chi connectivity index (χ3v) is 4.92. The van der Waals surface area contributed by atoms with Crippen LogP contribution in [-0.4, -0.2) is 32.0 Å². The Morgan fingerprint density at radius 1 is 1.58 bits per heavy atom. The second kappa shape index (κ2) is 6.69. The van der Waals surface area contributed by atoms with Crippen LogP contribution in [0.4, 0.5) is 4.79 Å². The van der Waals surface area contributed by atoms with E-state index in [9.17, 15) is 13.2 Å². The van der Waals surface area contributed by atoms with Gasteiger partial charge in [-0.3, -0.25) is 0 Å². The molecular formula is C10H15BrN2O4S2. The van der Waals surface area contributed by atoms with Gasteiger partial charge in [0.25, 0.3) is 0 Å². The molecule has 9 heteroatoms. The standard InChI is InChI=1S/C10H15BrN2O4S2/c1-7(2)17-10(14)12-19(15,16)13(3)5-8-4-9(11)18-6-8/h4,6-7H,5H2,1-3H3,(H,12,14). The van der Waals surface area contributed by atoms with Crippen molar-refractivity contribution in [3.05, 3.63) is 20.8 Å². The van der Waals surface area contributed by atoms with E-state index in [1.165, 1.54) is 18.4 Å². The van der Waals surface area contributed by atoms with Crippen molar-refractivity contribution in [3.63, 3.8) is 0 Å². The smallest absolute Gasteiger partial charge is 0.422 e. The van der Waals surface area contributed by atoms with Crippen molar-refractivity contribution in [3.8, 4) is 0 Å². The van der Waals surface area contributed by atoms with Gasteiger partial charge in [0.15, 0.2) is 0 Å².